The number of hydrogen-bond acceptors (Lipinski definition) is 3. The second-order valence-electron chi connectivity index (χ2n) is 5.70. The Kier molecular flexibility index (Phi) is 2.31. The molecule has 2 saturated carbocycles. The van der Waals surface area contributed by atoms with Crippen molar-refractivity contribution in [1.82, 2.24) is 4.90 Å². The molecule has 1 saturated heterocycles. The van der Waals surface area contributed by atoms with Crippen molar-refractivity contribution in [2.75, 3.05) is 13.1 Å². The van der Waals surface area contributed by atoms with Crippen LogP contribution in [-0.2, 0) is 0 Å². The number of likely N-dealkylation sites (tertiary alicyclic amines) is 1. The first-order valence-corrected chi connectivity index (χ1v) is 6.33. The molecule has 0 spiro atoms. The summed E-state index contributed by atoms with van der Waals surface area (Å²) in [4.78, 5) is 2.29. The van der Waals surface area contributed by atoms with Crippen molar-refractivity contribution in [2.45, 2.75) is 56.3 Å². The van der Waals surface area contributed by atoms with Crippen molar-refractivity contribution in [3.63, 3.8) is 0 Å². The van der Waals surface area contributed by atoms with Crippen molar-refractivity contribution >= 4 is 0 Å². The molecular formula is C12H21NO2. The fourth-order valence-corrected chi connectivity index (χ4v) is 3.29. The molecule has 2 N–H and O–H groups in total. The Balaban J connectivity index is 1.56. The minimum absolute atomic E-state index is 0.150. The first-order chi connectivity index (χ1) is 7.19. The lowest BCUT2D eigenvalue weighted by Gasteiger charge is -2.52. The van der Waals surface area contributed by atoms with E-state index in [0.717, 1.165) is 25.9 Å². The summed E-state index contributed by atoms with van der Waals surface area (Å²) in [5.41, 5.74) is -0.392. The van der Waals surface area contributed by atoms with Gasteiger partial charge in [0.25, 0.3) is 0 Å². The highest BCUT2D eigenvalue weighted by atomic mass is 16.3. The van der Waals surface area contributed by atoms with E-state index < -0.39 is 5.60 Å². The smallest absolute Gasteiger partial charge is 0.0928 e. The average molecular weight is 211 g/mol. The van der Waals surface area contributed by atoms with Crippen LogP contribution in [0.15, 0.2) is 0 Å². The van der Waals surface area contributed by atoms with Crippen molar-refractivity contribution in [3.05, 3.63) is 0 Å². The first-order valence-electron chi connectivity index (χ1n) is 6.33. The van der Waals surface area contributed by atoms with Crippen molar-refractivity contribution in [1.29, 1.82) is 0 Å². The van der Waals surface area contributed by atoms with Crippen LogP contribution in [0.2, 0.25) is 0 Å². The zero-order valence-electron chi connectivity index (χ0n) is 9.23. The number of rotatable bonds is 2. The third-order valence-electron chi connectivity index (χ3n) is 4.45. The Hall–Kier alpha value is -0.120. The van der Waals surface area contributed by atoms with Gasteiger partial charge in [0.15, 0.2) is 0 Å². The van der Waals surface area contributed by atoms with E-state index in [1.54, 1.807) is 0 Å². The summed E-state index contributed by atoms with van der Waals surface area (Å²) in [5, 5.41) is 20.1. The van der Waals surface area contributed by atoms with Crippen LogP contribution < -0.4 is 0 Å². The summed E-state index contributed by atoms with van der Waals surface area (Å²) >= 11 is 0. The lowest BCUT2D eigenvalue weighted by atomic mass is 9.82. The van der Waals surface area contributed by atoms with Gasteiger partial charge in [-0.2, -0.15) is 0 Å². The van der Waals surface area contributed by atoms with Crippen LogP contribution in [0.1, 0.15) is 38.5 Å². The lowest BCUT2D eigenvalue weighted by Crippen LogP contribution is -2.67. The number of hydrogen-bond donors (Lipinski definition) is 2. The second kappa shape index (κ2) is 3.44. The number of nitrogens with zero attached hydrogens (tertiary/aromatic N) is 1. The maximum atomic E-state index is 10.2. The van der Waals surface area contributed by atoms with Crippen LogP contribution in [0.5, 0.6) is 0 Å². The number of aliphatic hydroxyl groups is 2. The maximum Gasteiger partial charge on any atom is 0.0928 e. The first kappa shape index (κ1) is 10.1. The van der Waals surface area contributed by atoms with E-state index in [9.17, 15) is 10.2 Å². The molecule has 0 aromatic rings. The van der Waals surface area contributed by atoms with E-state index in [-0.39, 0.29) is 6.10 Å². The molecule has 0 amide bonds. The van der Waals surface area contributed by atoms with Crippen LogP contribution in [0.3, 0.4) is 0 Å². The van der Waals surface area contributed by atoms with E-state index in [2.05, 4.69) is 4.90 Å². The number of aliphatic hydroxyl groups excluding tert-OH is 1. The van der Waals surface area contributed by atoms with E-state index in [1.807, 2.05) is 0 Å². The third kappa shape index (κ3) is 1.71. The SMILES string of the molecule is OC1CCCCC1N1CC(O)(C2CC2)C1. The fourth-order valence-electron chi connectivity index (χ4n) is 3.29. The Bertz CT molecular complexity index is 246. The van der Waals surface area contributed by atoms with Gasteiger partial charge in [-0.1, -0.05) is 12.8 Å². The van der Waals surface area contributed by atoms with Crippen LogP contribution in [0.4, 0.5) is 0 Å². The van der Waals surface area contributed by atoms with Gasteiger partial charge in [-0.05, 0) is 31.6 Å². The van der Waals surface area contributed by atoms with Crippen LogP contribution in [0, 0.1) is 5.92 Å². The standard InChI is InChI=1S/C12H21NO2/c14-11-4-2-1-3-10(11)13-7-12(15,8-13)9-5-6-9/h9-11,14-15H,1-8H2. The van der Waals surface area contributed by atoms with E-state index in [1.165, 1.54) is 25.7 Å². The molecule has 0 bridgehead atoms. The zero-order valence-corrected chi connectivity index (χ0v) is 9.23. The quantitative estimate of drug-likeness (QED) is 0.708. The molecule has 86 valence electrons. The fraction of sp³-hybridized carbons (Fsp3) is 1.00. The predicted octanol–water partition coefficient (Wildman–Crippen LogP) is 0.747. The largest absolute Gasteiger partial charge is 0.391 e. The highest BCUT2D eigenvalue weighted by Crippen LogP contribution is 2.46. The summed E-state index contributed by atoms with van der Waals surface area (Å²) in [6, 6.07) is 0.331. The molecule has 0 aromatic carbocycles. The molecule has 3 nitrogen and oxygen atoms in total. The van der Waals surface area contributed by atoms with Gasteiger partial charge in [-0.15, -0.1) is 0 Å². The van der Waals surface area contributed by atoms with Gasteiger partial charge in [0.05, 0.1) is 11.7 Å². The summed E-state index contributed by atoms with van der Waals surface area (Å²) in [5.74, 6) is 0.564. The van der Waals surface area contributed by atoms with Gasteiger partial charge in [0.2, 0.25) is 0 Å². The Morgan fingerprint density at radius 2 is 1.67 bits per heavy atom. The molecule has 3 aliphatic rings. The minimum atomic E-state index is -0.392. The van der Waals surface area contributed by atoms with Crippen molar-refractivity contribution < 1.29 is 10.2 Å². The van der Waals surface area contributed by atoms with Crippen molar-refractivity contribution in [2.24, 2.45) is 5.92 Å². The normalized spacial score (nSPS) is 41.2. The van der Waals surface area contributed by atoms with Gasteiger partial charge in [-0.25, -0.2) is 0 Å². The Morgan fingerprint density at radius 1 is 1.00 bits per heavy atom. The molecule has 2 atom stereocenters. The monoisotopic (exact) mass is 211 g/mol. The summed E-state index contributed by atoms with van der Waals surface area (Å²) in [6.07, 6.45) is 6.72. The molecule has 1 heterocycles. The van der Waals surface area contributed by atoms with Crippen molar-refractivity contribution in [3.8, 4) is 0 Å². The highest BCUT2D eigenvalue weighted by molar-refractivity contribution is 5.07. The molecule has 3 rings (SSSR count). The van der Waals surface area contributed by atoms with E-state index >= 15 is 0 Å². The van der Waals surface area contributed by atoms with Gasteiger partial charge in [0, 0.05) is 19.1 Å². The van der Waals surface area contributed by atoms with Gasteiger partial charge >= 0.3 is 0 Å². The summed E-state index contributed by atoms with van der Waals surface area (Å²) in [6.45, 7) is 1.61. The second-order valence-corrected chi connectivity index (χ2v) is 5.70. The summed E-state index contributed by atoms with van der Waals surface area (Å²) < 4.78 is 0. The molecule has 15 heavy (non-hydrogen) atoms. The van der Waals surface area contributed by atoms with Crippen LogP contribution in [-0.4, -0.2) is 45.9 Å². The molecule has 3 heteroatoms. The van der Waals surface area contributed by atoms with Gasteiger partial charge in [-0.3, -0.25) is 4.90 Å². The molecule has 2 unspecified atom stereocenters. The average Bonchev–Trinajstić information content (AvgIpc) is 2.97. The minimum Gasteiger partial charge on any atom is -0.391 e. The molecule has 1 aliphatic heterocycles. The predicted molar refractivity (Wildman–Crippen MR) is 57.5 cm³/mol. The summed E-state index contributed by atoms with van der Waals surface area (Å²) in [7, 11) is 0. The zero-order chi connectivity index (χ0) is 10.5. The van der Waals surface area contributed by atoms with Crippen LogP contribution >= 0.6 is 0 Å². The van der Waals surface area contributed by atoms with Gasteiger partial charge in [0.1, 0.15) is 0 Å². The highest BCUT2D eigenvalue weighted by Gasteiger charge is 2.53. The van der Waals surface area contributed by atoms with E-state index in [0.29, 0.717) is 12.0 Å². The third-order valence-corrected chi connectivity index (χ3v) is 4.45. The Morgan fingerprint density at radius 3 is 2.27 bits per heavy atom. The van der Waals surface area contributed by atoms with Gasteiger partial charge < -0.3 is 10.2 Å². The van der Waals surface area contributed by atoms with Crippen LogP contribution in [0.25, 0.3) is 0 Å². The molecule has 3 fully saturated rings. The maximum absolute atomic E-state index is 10.2. The topological polar surface area (TPSA) is 43.7 Å². The molecule has 2 aliphatic carbocycles. The lowest BCUT2D eigenvalue weighted by molar-refractivity contribution is -0.150. The van der Waals surface area contributed by atoms with E-state index in [4.69, 9.17) is 0 Å². The number of β-amino-alcohol motifs (C(OH)–C–C–N with tert-alkyl or cyclic N) is 1. The molecule has 0 aromatic heterocycles. The molecule has 0 radical (unpaired) electrons. The molecular weight excluding hydrogens is 190 g/mol. The Labute approximate surface area is 91.1 Å².